The number of carbonyl (C=O) groups excluding carboxylic acids is 2. The number of hydrogen-bond donors (Lipinski definition) is 1. The predicted molar refractivity (Wildman–Crippen MR) is 139 cm³/mol. The van der Waals surface area contributed by atoms with Crippen molar-refractivity contribution in [3.63, 3.8) is 0 Å². The average molecular weight is 511 g/mol. The molecule has 2 aliphatic heterocycles. The third-order valence-electron chi connectivity index (χ3n) is 6.51. The maximum atomic E-state index is 13.2. The smallest absolute Gasteiger partial charge is 0.295 e. The zero-order valence-corrected chi connectivity index (χ0v) is 21.2. The molecule has 190 valence electrons. The molecule has 0 unspecified atom stereocenters. The normalized spacial score (nSPS) is 20.1. The lowest BCUT2D eigenvalue weighted by Crippen LogP contribution is -2.38. The Balaban J connectivity index is 1.66. The van der Waals surface area contributed by atoms with Crippen LogP contribution in [-0.2, 0) is 14.3 Å². The number of amides is 1. The molecule has 2 aliphatic rings. The Labute approximate surface area is 216 Å². The Bertz CT molecular complexity index is 1160. The lowest BCUT2D eigenvalue weighted by atomic mass is 9.94. The van der Waals surface area contributed by atoms with Gasteiger partial charge in [0.25, 0.3) is 11.7 Å². The largest absolute Gasteiger partial charge is 0.507 e. The van der Waals surface area contributed by atoms with E-state index in [9.17, 15) is 14.7 Å². The van der Waals surface area contributed by atoms with Crippen LogP contribution in [0.3, 0.4) is 0 Å². The quantitative estimate of drug-likeness (QED) is 0.234. The second-order valence-corrected chi connectivity index (χ2v) is 9.37. The van der Waals surface area contributed by atoms with Gasteiger partial charge in [0.15, 0.2) is 0 Å². The van der Waals surface area contributed by atoms with Gasteiger partial charge in [-0.3, -0.25) is 14.5 Å². The second-order valence-electron chi connectivity index (χ2n) is 8.93. The molecular weight excluding hydrogens is 480 g/mol. The highest BCUT2D eigenvalue weighted by Gasteiger charge is 2.45. The standard InChI is InChI=1S/C28H31ClN2O5/c1-3-15-36-23-10-7-21(18-19(23)2)26(32)24-25(20-5-8-22(29)9-6-20)31(28(34)27(24)33)12-4-11-30-13-16-35-17-14-30/h3,5-10,18,25,32H,1,4,11-17H2,2H3/t25-/m1/s1. The van der Waals surface area contributed by atoms with Gasteiger partial charge in [-0.15, -0.1) is 0 Å². The molecule has 1 N–H and O–H groups in total. The highest BCUT2D eigenvalue weighted by atomic mass is 35.5. The number of halogens is 1. The number of benzene rings is 2. The number of aliphatic hydroxyl groups excluding tert-OH is 1. The van der Waals surface area contributed by atoms with Crippen LogP contribution in [-0.4, -0.2) is 72.6 Å². The summed E-state index contributed by atoms with van der Waals surface area (Å²) < 4.78 is 11.0. The minimum Gasteiger partial charge on any atom is -0.507 e. The number of nitrogens with zero attached hydrogens (tertiary/aromatic N) is 2. The van der Waals surface area contributed by atoms with Crippen LogP contribution in [0.1, 0.15) is 29.2 Å². The highest BCUT2D eigenvalue weighted by Crippen LogP contribution is 2.40. The molecule has 1 atom stereocenters. The summed E-state index contributed by atoms with van der Waals surface area (Å²) in [6.07, 6.45) is 2.35. The summed E-state index contributed by atoms with van der Waals surface area (Å²) >= 11 is 6.10. The summed E-state index contributed by atoms with van der Waals surface area (Å²) in [6.45, 7) is 10.2. The van der Waals surface area contributed by atoms with Crippen LogP contribution in [0.25, 0.3) is 5.76 Å². The molecule has 36 heavy (non-hydrogen) atoms. The molecule has 2 saturated heterocycles. The third kappa shape index (κ3) is 5.64. The predicted octanol–water partition coefficient (Wildman–Crippen LogP) is 4.36. The van der Waals surface area contributed by atoms with Crippen LogP contribution >= 0.6 is 11.6 Å². The van der Waals surface area contributed by atoms with E-state index in [-0.39, 0.29) is 11.3 Å². The average Bonchev–Trinajstić information content (AvgIpc) is 3.13. The van der Waals surface area contributed by atoms with Crippen LogP contribution in [0.5, 0.6) is 5.75 Å². The monoisotopic (exact) mass is 510 g/mol. The van der Waals surface area contributed by atoms with Crippen molar-refractivity contribution in [3.8, 4) is 5.75 Å². The first-order valence-corrected chi connectivity index (χ1v) is 12.5. The molecule has 0 aromatic heterocycles. The van der Waals surface area contributed by atoms with Crippen LogP contribution in [0.4, 0.5) is 0 Å². The molecule has 2 aromatic rings. The van der Waals surface area contributed by atoms with Gasteiger partial charge in [0.05, 0.1) is 24.8 Å². The fourth-order valence-electron chi connectivity index (χ4n) is 4.65. The number of likely N-dealkylation sites (tertiary alicyclic amines) is 1. The minimum absolute atomic E-state index is 0.0767. The van der Waals surface area contributed by atoms with Crippen molar-refractivity contribution in [3.05, 3.63) is 82.4 Å². The fourth-order valence-corrected chi connectivity index (χ4v) is 4.78. The Hall–Kier alpha value is -3.13. The first-order chi connectivity index (χ1) is 17.4. The summed E-state index contributed by atoms with van der Waals surface area (Å²) in [4.78, 5) is 30.3. The topological polar surface area (TPSA) is 79.3 Å². The van der Waals surface area contributed by atoms with Gasteiger partial charge < -0.3 is 19.5 Å². The van der Waals surface area contributed by atoms with Crippen molar-refractivity contribution >= 4 is 29.1 Å². The van der Waals surface area contributed by atoms with Crippen molar-refractivity contribution in [1.82, 2.24) is 9.80 Å². The third-order valence-corrected chi connectivity index (χ3v) is 6.76. The molecular formula is C28H31ClN2O5. The summed E-state index contributed by atoms with van der Waals surface area (Å²) in [5.41, 5.74) is 2.04. The lowest BCUT2D eigenvalue weighted by Gasteiger charge is -2.29. The van der Waals surface area contributed by atoms with E-state index >= 15 is 0 Å². The molecule has 0 radical (unpaired) electrons. The summed E-state index contributed by atoms with van der Waals surface area (Å²) in [7, 11) is 0. The zero-order valence-electron chi connectivity index (χ0n) is 20.4. The number of ether oxygens (including phenoxy) is 2. The summed E-state index contributed by atoms with van der Waals surface area (Å²) in [6, 6.07) is 11.5. The Kier molecular flexibility index (Phi) is 8.46. The van der Waals surface area contributed by atoms with Gasteiger partial charge in [-0.2, -0.15) is 0 Å². The van der Waals surface area contributed by atoms with E-state index in [0.29, 0.717) is 54.7 Å². The molecule has 2 heterocycles. The molecule has 8 heteroatoms. The van der Waals surface area contributed by atoms with Crippen molar-refractivity contribution in [2.75, 3.05) is 46.0 Å². The van der Waals surface area contributed by atoms with Crippen LogP contribution < -0.4 is 4.74 Å². The molecule has 2 fully saturated rings. The van der Waals surface area contributed by atoms with Gasteiger partial charge >= 0.3 is 0 Å². The zero-order chi connectivity index (χ0) is 25.7. The number of aliphatic hydroxyl groups is 1. The number of ketones is 1. The molecule has 7 nitrogen and oxygen atoms in total. The first kappa shape index (κ1) is 25.9. The van der Waals surface area contributed by atoms with Gasteiger partial charge in [-0.25, -0.2) is 0 Å². The SMILES string of the molecule is C=CCOc1ccc(C(O)=C2C(=O)C(=O)N(CCCN3CCOCC3)[C@@H]2c2ccc(Cl)cc2)cc1C. The van der Waals surface area contributed by atoms with Crippen molar-refractivity contribution in [1.29, 1.82) is 0 Å². The number of hydrogen-bond acceptors (Lipinski definition) is 6. The molecule has 0 aliphatic carbocycles. The Morgan fingerprint density at radius 3 is 2.56 bits per heavy atom. The molecule has 1 amide bonds. The highest BCUT2D eigenvalue weighted by molar-refractivity contribution is 6.46. The summed E-state index contributed by atoms with van der Waals surface area (Å²) in [5.74, 6) is -0.851. The van der Waals surface area contributed by atoms with Gasteiger partial charge in [0.1, 0.15) is 18.1 Å². The van der Waals surface area contributed by atoms with Crippen molar-refractivity contribution < 1.29 is 24.2 Å². The Morgan fingerprint density at radius 2 is 1.89 bits per heavy atom. The van der Waals surface area contributed by atoms with Gasteiger partial charge in [0.2, 0.25) is 0 Å². The van der Waals surface area contributed by atoms with Crippen LogP contribution in [0, 0.1) is 6.92 Å². The van der Waals surface area contributed by atoms with E-state index in [4.69, 9.17) is 21.1 Å². The molecule has 0 saturated carbocycles. The molecule has 2 aromatic carbocycles. The second kappa shape index (κ2) is 11.7. The van der Waals surface area contributed by atoms with E-state index in [1.807, 2.05) is 6.92 Å². The molecule has 0 bridgehead atoms. The van der Waals surface area contributed by atoms with E-state index in [1.165, 1.54) is 0 Å². The first-order valence-electron chi connectivity index (χ1n) is 12.1. The number of aryl methyl sites for hydroxylation is 1. The minimum atomic E-state index is -0.705. The van der Waals surface area contributed by atoms with Crippen LogP contribution in [0.15, 0.2) is 60.7 Å². The number of carbonyl (C=O) groups is 2. The maximum Gasteiger partial charge on any atom is 0.295 e. The van der Waals surface area contributed by atoms with Crippen LogP contribution in [0.2, 0.25) is 5.02 Å². The van der Waals surface area contributed by atoms with E-state index in [2.05, 4.69) is 11.5 Å². The Morgan fingerprint density at radius 1 is 1.17 bits per heavy atom. The van der Waals surface area contributed by atoms with Gasteiger partial charge in [-0.05, 0) is 54.8 Å². The van der Waals surface area contributed by atoms with E-state index in [1.54, 1.807) is 53.4 Å². The fraction of sp³-hybridized carbons (Fsp3) is 0.357. The number of Topliss-reactive ketones (excluding diaryl/α,β-unsaturated/α-hetero) is 1. The molecule has 4 rings (SSSR count). The maximum absolute atomic E-state index is 13.2. The van der Waals surface area contributed by atoms with Crippen molar-refractivity contribution in [2.45, 2.75) is 19.4 Å². The molecule has 0 spiro atoms. The summed E-state index contributed by atoms with van der Waals surface area (Å²) in [5, 5.41) is 11.9. The van der Waals surface area contributed by atoms with E-state index < -0.39 is 17.7 Å². The van der Waals surface area contributed by atoms with Gasteiger partial charge in [-0.1, -0.05) is 36.4 Å². The van der Waals surface area contributed by atoms with E-state index in [0.717, 1.165) is 25.2 Å². The lowest BCUT2D eigenvalue weighted by molar-refractivity contribution is -0.140. The number of rotatable bonds is 9. The number of morpholine rings is 1. The van der Waals surface area contributed by atoms with Gasteiger partial charge in [0, 0.05) is 36.8 Å². The van der Waals surface area contributed by atoms with Crippen molar-refractivity contribution in [2.24, 2.45) is 0 Å².